The van der Waals surface area contributed by atoms with Gasteiger partial charge in [-0.3, -0.25) is 0 Å². The predicted molar refractivity (Wildman–Crippen MR) is 44.8 cm³/mol. The van der Waals surface area contributed by atoms with Crippen LogP contribution in [0.3, 0.4) is 0 Å². The number of hydrogen-bond acceptors (Lipinski definition) is 4. The van der Waals surface area contributed by atoms with E-state index in [4.69, 9.17) is 39.6 Å². The van der Waals surface area contributed by atoms with Crippen LogP contribution in [0.2, 0.25) is 0 Å². The monoisotopic (exact) mass is 358 g/mol. The molecule has 0 aliphatic rings. The predicted octanol–water partition coefficient (Wildman–Crippen LogP) is -2.32. The zero-order valence-corrected chi connectivity index (χ0v) is 13.5. The van der Waals surface area contributed by atoms with E-state index in [9.17, 15) is 0 Å². The van der Waals surface area contributed by atoms with Gasteiger partial charge in [0, 0.05) is 0 Å². The van der Waals surface area contributed by atoms with Crippen LogP contribution >= 0.6 is 0 Å². The van der Waals surface area contributed by atoms with Crippen molar-refractivity contribution in [1.29, 1.82) is 0 Å². The topological polar surface area (TPSA) is 149 Å². The molecule has 8 nitrogen and oxygen atoms in total. The van der Waals surface area contributed by atoms with Gasteiger partial charge in [0.25, 0.3) is 0 Å². The Balaban J connectivity index is -0.0000000145. The molecule has 10 heteroatoms. The van der Waals surface area contributed by atoms with Crippen LogP contribution in [0.1, 0.15) is 0 Å². The molecular weight excluding hydrogens is 353 g/mol. The molecule has 0 atom stereocenters. The van der Waals surface area contributed by atoms with Gasteiger partial charge in [-0.2, -0.15) is 0 Å². The van der Waals surface area contributed by atoms with Crippen LogP contribution in [-0.4, -0.2) is 133 Å². The summed E-state index contributed by atoms with van der Waals surface area (Å²) in [5.41, 5.74) is 0. The summed E-state index contributed by atoms with van der Waals surface area (Å²) in [6.45, 7) is 2.00. The van der Waals surface area contributed by atoms with E-state index in [0.717, 1.165) is 0 Å². The summed E-state index contributed by atoms with van der Waals surface area (Å²) >= 11 is 0. The maximum absolute atomic E-state index is 8.24. The molecule has 0 fully saturated rings. The van der Waals surface area contributed by atoms with E-state index in [1.807, 2.05) is 0 Å². The van der Waals surface area contributed by atoms with Crippen LogP contribution in [0.25, 0.3) is 0 Å². The molecule has 0 aromatic heterocycles. The van der Waals surface area contributed by atoms with E-state index in [2.05, 4.69) is 0 Å². The molecule has 0 aliphatic heterocycles. The third-order valence-electron chi connectivity index (χ3n) is 0. The summed E-state index contributed by atoms with van der Waals surface area (Å²) < 4.78 is 0. The molecule has 0 unspecified atom stereocenters. The summed E-state index contributed by atoms with van der Waals surface area (Å²) in [7, 11) is 0. The summed E-state index contributed by atoms with van der Waals surface area (Å²) in [6.07, 6.45) is 0. The van der Waals surface area contributed by atoms with Crippen LogP contribution in [0.15, 0.2) is 0 Å². The van der Waals surface area contributed by atoms with Crippen LogP contribution in [-0.2, 0) is 19.2 Å². The standard InChI is InChI=1S/4CHO2.Ba.Ca/c4*2-1-3;;/h4*(H,2,3);;/q4*-1;2*+2. The Morgan fingerprint density at radius 1 is 0.571 bits per heavy atom. The smallest absolute Gasteiger partial charge is 0.665 e. The zero-order chi connectivity index (χ0) is 10.8. The van der Waals surface area contributed by atoms with Gasteiger partial charge in [-0.25, -0.2) is 0 Å². The van der Waals surface area contributed by atoms with E-state index in [1.165, 1.54) is 0 Å². The van der Waals surface area contributed by atoms with Gasteiger partial charge in [-0.05, 0) is 0 Å². The van der Waals surface area contributed by atoms with Crippen molar-refractivity contribution in [2.75, 3.05) is 0 Å². The van der Waals surface area contributed by atoms with E-state index in [1.54, 1.807) is 0 Å². The second kappa shape index (κ2) is 99.8. The molecular formula is C4H4BaCaO8. The van der Waals surface area contributed by atoms with E-state index in [0.29, 0.717) is 25.9 Å². The third kappa shape index (κ3) is 3450. The summed E-state index contributed by atoms with van der Waals surface area (Å²) in [5.74, 6) is 0. The maximum Gasteiger partial charge on any atom is 2.00 e. The molecule has 0 amide bonds. The summed E-state index contributed by atoms with van der Waals surface area (Å²) in [5, 5.41) is 27.1. The van der Waals surface area contributed by atoms with Crippen molar-refractivity contribution in [2.45, 2.75) is 0 Å². The van der Waals surface area contributed by atoms with Crippen molar-refractivity contribution in [3.8, 4) is 0 Å². The molecule has 4 N–H and O–H groups in total. The average Bonchev–Trinajstić information content (AvgIpc) is 1.92. The Morgan fingerprint density at radius 2 is 0.571 bits per heavy atom. The molecule has 0 bridgehead atoms. The quantitative estimate of drug-likeness (QED) is 0.279. The minimum atomic E-state index is 0. The first-order valence-electron chi connectivity index (χ1n) is 1.71. The van der Waals surface area contributed by atoms with E-state index < -0.39 is 0 Å². The minimum absolute atomic E-state index is 0. The number of hydrogen-bond donors (Lipinski definition) is 4. The molecule has 0 rings (SSSR count). The maximum atomic E-state index is 8.24. The second-order valence-electron chi connectivity index (χ2n) is 0.365. The molecule has 0 aliphatic carbocycles. The van der Waals surface area contributed by atoms with Crippen molar-refractivity contribution in [3.63, 3.8) is 0 Å². The van der Waals surface area contributed by atoms with Gasteiger partial charge >= 0.3 is 86.6 Å². The Morgan fingerprint density at radius 3 is 0.571 bits per heavy atom. The Hall–Kier alpha value is 0.711. The van der Waals surface area contributed by atoms with Gasteiger partial charge in [0.2, 0.25) is 0 Å². The number of aliphatic hydroxyl groups excluding tert-OH is 4. The van der Waals surface area contributed by atoms with Gasteiger partial charge in [-0.15, -0.1) is 0 Å². The van der Waals surface area contributed by atoms with Gasteiger partial charge in [-0.1, -0.05) is 25.9 Å². The van der Waals surface area contributed by atoms with Crippen molar-refractivity contribution in [3.05, 3.63) is 0 Å². The molecule has 0 spiro atoms. The SMILES string of the molecule is O=[C-]O.O=[C-]O.O=[C-]O.O=[C-]O.[Ba+2].[Ca+2]. The fourth-order valence-corrected chi connectivity index (χ4v) is 0. The first-order chi connectivity index (χ1) is 5.66. The molecule has 14 heavy (non-hydrogen) atoms. The van der Waals surface area contributed by atoms with Gasteiger partial charge in [0.15, 0.2) is 0 Å². The van der Waals surface area contributed by atoms with Gasteiger partial charge in [0.1, 0.15) is 0 Å². The Labute approximate surface area is 149 Å². The molecule has 0 radical (unpaired) electrons. The van der Waals surface area contributed by atoms with Crippen LogP contribution in [0.4, 0.5) is 0 Å². The first kappa shape index (κ1) is 36.4. The van der Waals surface area contributed by atoms with Crippen molar-refractivity contribution in [2.24, 2.45) is 0 Å². The largest absolute Gasteiger partial charge is 2.00 e. The van der Waals surface area contributed by atoms with E-state index in [-0.39, 0.29) is 86.6 Å². The van der Waals surface area contributed by atoms with Crippen LogP contribution in [0.5, 0.6) is 0 Å². The third-order valence-corrected chi connectivity index (χ3v) is 0. The van der Waals surface area contributed by atoms with Crippen molar-refractivity contribution in [1.82, 2.24) is 0 Å². The zero-order valence-electron chi connectivity index (χ0n) is 6.84. The second-order valence-corrected chi connectivity index (χ2v) is 0.365. The summed E-state index contributed by atoms with van der Waals surface area (Å²) in [4.78, 5) is 32.9. The number of rotatable bonds is 0. The average molecular weight is 357 g/mol. The molecule has 0 aromatic carbocycles. The van der Waals surface area contributed by atoms with Crippen LogP contribution < -0.4 is 0 Å². The molecule has 0 heterocycles. The molecule has 0 aromatic rings. The molecule has 72 valence electrons. The van der Waals surface area contributed by atoms with E-state index >= 15 is 0 Å². The molecule has 0 saturated carbocycles. The van der Waals surface area contributed by atoms with Gasteiger partial charge in [0.05, 0.1) is 0 Å². The molecule has 0 saturated heterocycles. The fraction of sp³-hybridized carbons (Fsp3) is 0. The van der Waals surface area contributed by atoms with Crippen molar-refractivity contribution < 1.29 is 39.6 Å². The van der Waals surface area contributed by atoms with Crippen molar-refractivity contribution >= 4 is 113 Å². The summed E-state index contributed by atoms with van der Waals surface area (Å²) in [6, 6.07) is 0. The first-order valence-corrected chi connectivity index (χ1v) is 1.71. The van der Waals surface area contributed by atoms with Gasteiger partial charge < -0.3 is 39.6 Å². The Kier molecular flexibility index (Phi) is 260. The normalized spacial score (nSPS) is 3.43. The fourth-order valence-electron chi connectivity index (χ4n) is 0. The minimum Gasteiger partial charge on any atom is -0.665 e. The van der Waals surface area contributed by atoms with Crippen LogP contribution in [0, 0.1) is 0 Å². The Bertz CT molecular complexity index is 75.3.